The lowest BCUT2D eigenvalue weighted by Gasteiger charge is -2.12. The molecule has 1 fully saturated rings. The molecule has 126 valence electrons. The van der Waals surface area contributed by atoms with Crippen molar-refractivity contribution < 1.29 is 27.9 Å². The first kappa shape index (κ1) is 17.4. The van der Waals surface area contributed by atoms with Crippen LogP contribution < -0.4 is 5.32 Å². The fraction of sp³-hybridized carbons (Fsp3) is 0.467. The standard InChI is InChI=1S/C15H19NO6S/c1-23(20,21)13-7-10(15(18)19)6-11(8-13)16-14(17)9-22-12-4-2-3-5-12/h6-8,12H,2-5,9H2,1H3,(H,16,17)(H,18,19). The minimum absolute atomic E-state index is 0.0812. The van der Waals surface area contributed by atoms with Crippen LogP contribution in [0.15, 0.2) is 23.1 Å². The molecule has 1 saturated carbocycles. The van der Waals surface area contributed by atoms with E-state index in [4.69, 9.17) is 9.84 Å². The van der Waals surface area contributed by atoms with E-state index in [9.17, 15) is 18.0 Å². The van der Waals surface area contributed by atoms with Gasteiger partial charge in [-0.1, -0.05) is 12.8 Å². The lowest BCUT2D eigenvalue weighted by atomic mass is 10.2. The summed E-state index contributed by atoms with van der Waals surface area (Å²) < 4.78 is 28.7. The van der Waals surface area contributed by atoms with Gasteiger partial charge in [0.05, 0.1) is 16.6 Å². The zero-order valence-corrected chi connectivity index (χ0v) is 13.6. The number of amides is 1. The Hall–Kier alpha value is -1.93. The highest BCUT2D eigenvalue weighted by atomic mass is 32.2. The average Bonchev–Trinajstić information content (AvgIpc) is 2.97. The Morgan fingerprint density at radius 3 is 2.48 bits per heavy atom. The highest BCUT2D eigenvalue weighted by Gasteiger charge is 2.18. The van der Waals surface area contributed by atoms with Crippen LogP contribution in [0.5, 0.6) is 0 Å². The highest BCUT2D eigenvalue weighted by molar-refractivity contribution is 7.90. The monoisotopic (exact) mass is 341 g/mol. The van der Waals surface area contributed by atoms with Crippen molar-refractivity contribution in [2.45, 2.75) is 36.7 Å². The molecule has 2 rings (SSSR count). The maximum absolute atomic E-state index is 11.9. The Morgan fingerprint density at radius 2 is 1.91 bits per heavy atom. The molecule has 1 amide bonds. The van der Waals surface area contributed by atoms with E-state index in [2.05, 4.69) is 5.32 Å². The van der Waals surface area contributed by atoms with Crippen LogP contribution in [-0.4, -0.2) is 44.4 Å². The smallest absolute Gasteiger partial charge is 0.335 e. The van der Waals surface area contributed by atoms with Crippen LogP contribution in [0.25, 0.3) is 0 Å². The number of carbonyl (C=O) groups is 2. The second kappa shape index (κ2) is 7.10. The van der Waals surface area contributed by atoms with Crippen molar-refractivity contribution in [3.63, 3.8) is 0 Å². The summed E-state index contributed by atoms with van der Waals surface area (Å²) in [5.74, 6) is -1.72. The van der Waals surface area contributed by atoms with Gasteiger partial charge in [-0.05, 0) is 31.0 Å². The molecule has 8 heteroatoms. The van der Waals surface area contributed by atoms with E-state index < -0.39 is 21.7 Å². The number of sulfone groups is 1. The number of rotatable bonds is 6. The molecule has 2 N–H and O–H groups in total. The Kier molecular flexibility index (Phi) is 5.38. The summed E-state index contributed by atoms with van der Waals surface area (Å²) >= 11 is 0. The van der Waals surface area contributed by atoms with Crippen LogP contribution in [0.1, 0.15) is 36.0 Å². The molecule has 1 aromatic carbocycles. The lowest BCUT2D eigenvalue weighted by Crippen LogP contribution is -2.22. The van der Waals surface area contributed by atoms with Crippen molar-refractivity contribution >= 4 is 27.4 Å². The quantitative estimate of drug-likeness (QED) is 0.815. The Bertz CT molecular complexity index is 707. The first-order valence-corrected chi connectivity index (χ1v) is 9.15. The van der Waals surface area contributed by atoms with Crippen LogP contribution >= 0.6 is 0 Å². The van der Waals surface area contributed by atoms with E-state index in [1.54, 1.807) is 0 Å². The number of aromatic carboxylic acids is 1. The van der Waals surface area contributed by atoms with Crippen molar-refractivity contribution in [2.75, 3.05) is 18.2 Å². The van der Waals surface area contributed by atoms with Gasteiger partial charge in [0.2, 0.25) is 5.91 Å². The molecular formula is C15H19NO6S. The van der Waals surface area contributed by atoms with Gasteiger partial charge in [0.15, 0.2) is 9.84 Å². The summed E-state index contributed by atoms with van der Waals surface area (Å²) in [5, 5.41) is 11.5. The van der Waals surface area contributed by atoms with Gasteiger partial charge in [0.1, 0.15) is 6.61 Å². The van der Waals surface area contributed by atoms with Crippen LogP contribution in [0.4, 0.5) is 5.69 Å². The van der Waals surface area contributed by atoms with Crippen molar-refractivity contribution in [3.8, 4) is 0 Å². The number of benzene rings is 1. The third-order valence-corrected chi connectivity index (χ3v) is 4.71. The van der Waals surface area contributed by atoms with Gasteiger partial charge in [-0.25, -0.2) is 13.2 Å². The number of hydrogen-bond acceptors (Lipinski definition) is 5. The molecule has 1 aliphatic rings. The minimum atomic E-state index is -3.59. The van der Waals surface area contributed by atoms with E-state index in [-0.39, 0.29) is 28.9 Å². The molecule has 0 radical (unpaired) electrons. The fourth-order valence-electron chi connectivity index (χ4n) is 2.45. The number of carbonyl (C=O) groups excluding carboxylic acids is 1. The molecule has 0 spiro atoms. The molecule has 0 atom stereocenters. The van der Waals surface area contributed by atoms with Gasteiger partial charge < -0.3 is 15.2 Å². The predicted molar refractivity (Wildman–Crippen MR) is 83.3 cm³/mol. The highest BCUT2D eigenvalue weighted by Crippen LogP contribution is 2.21. The normalized spacial score (nSPS) is 15.5. The van der Waals surface area contributed by atoms with Crippen molar-refractivity contribution in [3.05, 3.63) is 23.8 Å². The Morgan fingerprint density at radius 1 is 1.26 bits per heavy atom. The molecule has 1 aliphatic carbocycles. The first-order valence-electron chi connectivity index (χ1n) is 7.25. The maximum Gasteiger partial charge on any atom is 0.335 e. The topological polar surface area (TPSA) is 110 Å². The average molecular weight is 341 g/mol. The second-order valence-electron chi connectivity index (χ2n) is 5.59. The molecular weight excluding hydrogens is 322 g/mol. The molecule has 0 aromatic heterocycles. The van der Waals surface area contributed by atoms with Gasteiger partial charge in [-0.2, -0.15) is 0 Å². The van der Waals surface area contributed by atoms with E-state index in [0.717, 1.165) is 38.0 Å². The lowest BCUT2D eigenvalue weighted by molar-refractivity contribution is -0.122. The van der Waals surface area contributed by atoms with Crippen LogP contribution in [-0.2, 0) is 19.4 Å². The third kappa shape index (κ3) is 5.04. The second-order valence-corrected chi connectivity index (χ2v) is 7.60. The van der Waals surface area contributed by atoms with Gasteiger partial charge in [0.25, 0.3) is 0 Å². The zero-order chi connectivity index (χ0) is 17.0. The maximum atomic E-state index is 11.9. The Balaban J connectivity index is 2.09. The van der Waals surface area contributed by atoms with E-state index in [0.29, 0.717) is 0 Å². The molecule has 0 aliphatic heterocycles. The molecule has 23 heavy (non-hydrogen) atoms. The molecule has 0 heterocycles. The van der Waals surface area contributed by atoms with Crippen LogP contribution in [0.2, 0.25) is 0 Å². The van der Waals surface area contributed by atoms with Crippen LogP contribution in [0, 0.1) is 0 Å². The molecule has 1 aromatic rings. The summed E-state index contributed by atoms with van der Waals surface area (Å²) in [6.07, 6.45) is 5.09. The summed E-state index contributed by atoms with van der Waals surface area (Å²) in [7, 11) is -3.59. The van der Waals surface area contributed by atoms with E-state index in [1.807, 2.05) is 0 Å². The van der Waals surface area contributed by atoms with Gasteiger partial charge in [0, 0.05) is 11.9 Å². The first-order chi connectivity index (χ1) is 10.8. The number of carboxylic acids is 1. The Labute approximate surface area is 134 Å². The molecule has 0 saturated heterocycles. The number of anilines is 1. The summed E-state index contributed by atoms with van der Waals surface area (Å²) in [6, 6.07) is 3.50. The van der Waals surface area contributed by atoms with E-state index in [1.165, 1.54) is 12.1 Å². The molecule has 0 bridgehead atoms. The largest absolute Gasteiger partial charge is 0.478 e. The summed E-state index contributed by atoms with van der Waals surface area (Å²) in [6.45, 7) is -0.143. The van der Waals surface area contributed by atoms with Crippen LogP contribution in [0.3, 0.4) is 0 Å². The SMILES string of the molecule is CS(=O)(=O)c1cc(NC(=O)COC2CCCC2)cc(C(=O)O)c1. The number of carboxylic acid groups (broad SMARTS) is 1. The van der Waals surface area contributed by atoms with Crippen molar-refractivity contribution in [1.82, 2.24) is 0 Å². The van der Waals surface area contributed by atoms with Gasteiger partial charge in [-0.15, -0.1) is 0 Å². The van der Waals surface area contributed by atoms with E-state index >= 15 is 0 Å². The van der Waals surface area contributed by atoms with Gasteiger partial charge in [-0.3, -0.25) is 4.79 Å². The summed E-state index contributed by atoms with van der Waals surface area (Å²) in [4.78, 5) is 22.8. The molecule has 7 nitrogen and oxygen atoms in total. The van der Waals surface area contributed by atoms with Crippen molar-refractivity contribution in [2.24, 2.45) is 0 Å². The van der Waals surface area contributed by atoms with Crippen molar-refractivity contribution in [1.29, 1.82) is 0 Å². The third-order valence-electron chi connectivity index (χ3n) is 3.62. The number of ether oxygens (including phenoxy) is 1. The zero-order valence-electron chi connectivity index (χ0n) is 12.7. The van der Waals surface area contributed by atoms with Gasteiger partial charge >= 0.3 is 5.97 Å². The fourth-order valence-corrected chi connectivity index (χ4v) is 3.14. The summed E-state index contributed by atoms with van der Waals surface area (Å²) in [5.41, 5.74) is -0.0923. The minimum Gasteiger partial charge on any atom is -0.478 e. The predicted octanol–water partition coefficient (Wildman–Crippen LogP) is 1.69. The number of hydrogen-bond donors (Lipinski definition) is 2. The number of nitrogens with one attached hydrogen (secondary N) is 1. The molecule has 0 unspecified atom stereocenters.